The molecule has 0 spiro atoms. The van der Waals surface area contributed by atoms with Crippen molar-refractivity contribution in [1.82, 2.24) is 9.71 Å². The first-order valence-electron chi connectivity index (χ1n) is 8.28. The number of aromatic nitrogens is 1. The fourth-order valence-electron chi connectivity index (χ4n) is 2.67. The highest BCUT2D eigenvalue weighted by Crippen LogP contribution is 2.27. The fraction of sp³-hybridized carbons (Fsp3) is 0.100. The molecule has 8 heteroatoms. The van der Waals surface area contributed by atoms with Gasteiger partial charge in [-0.3, -0.25) is 4.98 Å². The lowest BCUT2D eigenvalue weighted by molar-refractivity contribution is 0.0600. The van der Waals surface area contributed by atoms with Crippen LogP contribution in [0, 0.1) is 0 Å². The lowest BCUT2D eigenvalue weighted by atomic mass is 10.0. The number of nitrogens with zero attached hydrogens (tertiary/aromatic N) is 1. The summed E-state index contributed by atoms with van der Waals surface area (Å²) < 4.78 is 33.3. The van der Waals surface area contributed by atoms with E-state index in [9.17, 15) is 13.2 Å². The van der Waals surface area contributed by atoms with E-state index in [0.29, 0.717) is 5.69 Å². The molecule has 0 aliphatic rings. The Labute approximate surface area is 168 Å². The highest BCUT2D eigenvalue weighted by molar-refractivity contribution is 7.89. The molecule has 0 bridgehead atoms. The maximum Gasteiger partial charge on any atom is 0.337 e. The molecule has 0 aliphatic heterocycles. The van der Waals surface area contributed by atoms with Gasteiger partial charge in [-0.05, 0) is 35.9 Å². The van der Waals surface area contributed by atoms with Gasteiger partial charge >= 0.3 is 5.97 Å². The largest absolute Gasteiger partial charge is 0.465 e. The van der Waals surface area contributed by atoms with Crippen molar-refractivity contribution in [3.05, 3.63) is 94.8 Å². The van der Waals surface area contributed by atoms with Crippen LogP contribution in [0.1, 0.15) is 27.7 Å². The van der Waals surface area contributed by atoms with Crippen molar-refractivity contribution in [2.24, 2.45) is 0 Å². The van der Waals surface area contributed by atoms with Crippen molar-refractivity contribution >= 4 is 27.6 Å². The van der Waals surface area contributed by atoms with E-state index in [-0.39, 0.29) is 15.5 Å². The van der Waals surface area contributed by atoms with E-state index in [1.54, 1.807) is 24.4 Å². The lowest BCUT2D eigenvalue weighted by Gasteiger charge is -2.19. The Bertz CT molecular complexity index is 1030. The molecular weight excluding hydrogens is 400 g/mol. The Kier molecular flexibility index (Phi) is 6.08. The van der Waals surface area contributed by atoms with Crippen LogP contribution >= 0.6 is 11.6 Å². The number of carbonyl (C=O) groups is 1. The van der Waals surface area contributed by atoms with Crippen LogP contribution in [-0.4, -0.2) is 26.5 Å². The van der Waals surface area contributed by atoms with Crippen molar-refractivity contribution in [2.45, 2.75) is 10.9 Å². The molecule has 0 amide bonds. The van der Waals surface area contributed by atoms with Crippen molar-refractivity contribution in [3.63, 3.8) is 0 Å². The first-order chi connectivity index (χ1) is 13.4. The van der Waals surface area contributed by atoms with Gasteiger partial charge in [-0.1, -0.05) is 48.0 Å². The van der Waals surface area contributed by atoms with Gasteiger partial charge in [0.1, 0.15) is 4.90 Å². The van der Waals surface area contributed by atoms with Gasteiger partial charge in [0.2, 0.25) is 10.0 Å². The zero-order chi connectivity index (χ0) is 20.1. The molecule has 1 N–H and O–H groups in total. The summed E-state index contributed by atoms with van der Waals surface area (Å²) in [5.74, 6) is -0.602. The average Bonchev–Trinajstić information content (AvgIpc) is 2.72. The van der Waals surface area contributed by atoms with Gasteiger partial charge in [-0.2, -0.15) is 4.72 Å². The number of esters is 1. The minimum atomic E-state index is -4.01. The molecule has 1 unspecified atom stereocenters. The van der Waals surface area contributed by atoms with Crippen LogP contribution in [0.2, 0.25) is 5.02 Å². The highest BCUT2D eigenvalue weighted by atomic mass is 35.5. The summed E-state index contributed by atoms with van der Waals surface area (Å²) >= 11 is 6.15. The molecule has 0 fully saturated rings. The number of rotatable bonds is 6. The maximum atomic E-state index is 13.0. The molecule has 144 valence electrons. The molecule has 6 nitrogen and oxygen atoms in total. The zero-order valence-corrected chi connectivity index (χ0v) is 16.4. The predicted molar refractivity (Wildman–Crippen MR) is 106 cm³/mol. The van der Waals surface area contributed by atoms with Gasteiger partial charge in [0.25, 0.3) is 0 Å². The van der Waals surface area contributed by atoms with Gasteiger partial charge in [0.15, 0.2) is 0 Å². The molecule has 0 radical (unpaired) electrons. The Morgan fingerprint density at radius 1 is 1.07 bits per heavy atom. The third-order valence-corrected chi connectivity index (χ3v) is 5.94. The van der Waals surface area contributed by atoms with E-state index < -0.39 is 22.0 Å². The third-order valence-electron chi connectivity index (χ3n) is 4.03. The molecule has 0 saturated carbocycles. The standard InChI is InChI=1S/C20H17ClN2O4S/c1-27-20(24)15-10-11-18(16(21)13-15)28(25,26)23-19(14-7-3-2-4-8-14)17-9-5-6-12-22-17/h2-13,19,23H,1H3. The number of methoxy groups -OCH3 is 1. The minimum Gasteiger partial charge on any atom is -0.465 e. The Morgan fingerprint density at radius 2 is 1.79 bits per heavy atom. The number of halogens is 1. The van der Waals surface area contributed by atoms with Crippen LogP contribution < -0.4 is 4.72 Å². The summed E-state index contributed by atoms with van der Waals surface area (Å²) in [4.78, 5) is 15.8. The van der Waals surface area contributed by atoms with E-state index >= 15 is 0 Å². The van der Waals surface area contributed by atoms with E-state index in [0.717, 1.165) is 5.56 Å². The smallest absolute Gasteiger partial charge is 0.337 e. The Morgan fingerprint density at radius 3 is 2.39 bits per heavy atom. The summed E-state index contributed by atoms with van der Waals surface area (Å²) in [6, 6.07) is 17.6. The number of nitrogens with one attached hydrogen (secondary N) is 1. The van der Waals surface area contributed by atoms with E-state index in [2.05, 4.69) is 14.4 Å². The SMILES string of the molecule is COC(=O)c1ccc(S(=O)(=O)NC(c2ccccc2)c2ccccn2)c(Cl)c1. The summed E-state index contributed by atoms with van der Waals surface area (Å²) in [5.41, 5.74) is 1.43. The zero-order valence-electron chi connectivity index (χ0n) is 14.9. The molecule has 1 atom stereocenters. The number of ether oxygens (including phenoxy) is 1. The number of hydrogen-bond donors (Lipinski definition) is 1. The van der Waals surface area contributed by atoms with Gasteiger partial charge in [-0.25, -0.2) is 13.2 Å². The molecule has 0 saturated heterocycles. The number of hydrogen-bond acceptors (Lipinski definition) is 5. The quantitative estimate of drug-likeness (QED) is 0.620. The van der Waals surface area contributed by atoms with Crippen molar-refractivity contribution in [2.75, 3.05) is 7.11 Å². The predicted octanol–water partition coefficient (Wildman–Crippen LogP) is 3.59. The van der Waals surface area contributed by atoms with Crippen molar-refractivity contribution in [1.29, 1.82) is 0 Å². The summed E-state index contributed by atoms with van der Waals surface area (Å²) in [7, 11) is -2.77. The molecule has 1 aromatic heterocycles. The van der Waals surface area contributed by atoms with Gasteiger partial charge < -0.3 is 4.74 Å². The van der Waals surface area contributed by atoms with Crippen LogP contribution in [0.3, 0.4) is 0 Å². The van der Waals surface area contributed by atoms with Crippen LogP contribution in [0.25, 0.3) is 0 Å². The van der Waals surface area contributed by atoms with E-state index in [1.165, 1.54) is 25.3 Å². The highest BCUT2D eigenvalue weighted by Gasteiger charge is 2.26. The number of pyridine rings is 1. The third kappa shape index (κ3) is 4.39. The molecule has 3 rings (SSSR count). The average molecular weight is 417 g/mol. The van der Waals surface area contributed by atoms with Gasteiger partial charge in [-0.15, -0.1) is 0 Å². The number of carbonyl (C=O) groups excluding carboxylic acids is 1. The minimum absolute atomic E-state index is 0.0803. The van der Waals surface area contributed by atoms with E-state index in [1.807, 2.05) is 30.3 Å². The van der Waals surface area contributed by atoms with Gasteiger partial charge in [0.05, 0.1) is 29.4 Å². The van der Waals surface area contributed by atoms with E-state index in [4.69, 9.17) is 11.6 Å². The van der Waals surface area contributed by atoms with Crippen LogP contribution in [-0.2, 0) is 14.8 Å². The topological polar surface area (TPSA) is 85.4 Å². The molecular formula is C20H17ClN2O4S. The number of benzene rings is 2. The number of sulfonamides is 1. The van der Waals surface area contributed by atoms with Crippen LogP contribution in [0.4, 0.5) is 0 Å². The fourth-order valence-corrected chi connectivity index (χ4v) is 4.42. The molecule has 2 aromatic carbocycles. The molecule has 0 aliphatic carbocycles. The summed E-state index contributed by atoms with van der Waals surface area (Å²) in [6.07, 6.45) is 1.59. The summed E-state index contributed by atoms with van der Waals surface area (Å²) in [5, 5.41) is -0.0803. The first kappa shape index (κ1) is 20.0. The van der Waals surface area contributed by atoms with Crippen LogP contribution in [0.5, 0.6) is 0 Å². The second-order valence-electron chi connectivity index (χ2n) is 5.86. The van der Waals surface area contributed by atoms with Gasteiger partial charge in [0, 0.05) is 6.20 Å². The molecule has 3 aromatic rings. The molecule has 1 heterocycles. The second-order valence-corrected chi connectivity index (χ2v) is 7.95. The Hall–Kier alpha value is -2.74. The normalized spacial score (nSPS) is 12.4. The lowest BCUT2D eigenvalue weighted by Crippen LogP contribution is -2.30. The van der Waals surface area contributed by atoms with Crippen LogP contribution in [0.15, 0.2) is 77.8 Å². The monoisotopic (exact) mass is 416 g/mol. The first-order valence-corrected chi connectivity index (χ1v) is 10.1. The second kappa shape index (κ2) is 8.52. The summed E-state index contributed by atoms with van der Waals surface area (Å²) in [6.45, 7) is 0. The van der Waals surface area contributed by atoms with Crippen molar-refractivity contribution < 1.29 is 17.9 Å². The molecule has 28 heavy (non-hydrogen) atoms. The maximum absolute atomic E-state index is 13.0. The Balaban J connectivity index is 2.00. The van der Waals surface area contributed by atoms with Crippen molar-refractivity contribution in [3.8, 4) is 0 Å².